The summed E-state index contributed by atoms with van der Waals surface area (Å²) in [5.74, 6) is 0.648. The normalized spacial score (nSPS) is 10.8. The number of hydrogen-bond acceptors (Lipinski definition) is 4. The number of hydrogen-bond donors (Lipinski definition) is 1. The maximum absolute atomic E-state index is 13.7. The Bertz CT molecular complexity index is 886. The largest absolute Gasteiger partial charge is 0.351 e. The van der Waals surface area contributed by atoms with Crippen molar-refractivity contribution >= 4 is 40.3 Å². The van der Waals surface area contributed by atoms with Crippen LogP contribution in [-0.4, -0.2) is 28.2 Å². The molecule has 0 spiro atoms. The van der Waals surface area contributed by atoms with Crippen LogP contribution in [0.2, 0.25) is 5.02 Å². The zero-order valence-electron chi connectivity index (χ0n) is 13.2. The molecule has 0 aliphatic rings. The van der Waals surface area contributed by atoms with Crippen LogP contribution in [0.1, 0.15) is 15.9 Å². The van der Waals surface area contributed by atoms with Gasteiger partial charge >= 0.3 is 0 Å². The lowest BCUT2D eigenvalue weighted by Gasteiger charge is -2.07. The third-order valence-corrected chi connectivity index (χ3v) is 4.91. The monoisotopic (exact) mass is 375 g/mol. The molecule has 0 radical (unpaired) electrons. The summed E-state index contributed by atoms with van der Waals surface area (Å²) in [7, 11) is 0. The van der Waals surface area contributed by atoms with Crippen molar-refractivity contribution in [3.63, 3.8) is 0 Å². The van der Waals surface area contributed by atoms with Crippen LogP contribution in [0, 0.1) is 5.82 Å². The maximum atomic E-state index is 13.7. The van der Waals surface area contributed by atoms with Crippen LogP contribution in [0.4, 0.5) is 4.39 Å². The number of nitrogens with zero attached hydrogens (tertiary/aromatic N) is 2. The quantitative estimate of drug-likeness (QED) is 0.659. The van der Waals surface area contributed by atoms with Gasteiger partial charge in [0.2, 0.25) is 0 Å². The van der Waals surface area contributed by atoms with Gasteiger partial charge in [0, 0.05) is 46.6 Å². The molecule has 0 aliphatic carbocycles. The lowest BCUT2D eigenvalue weighted by molar-refractivity contribution is 0.0956. The van der Waals surface area contributed by atoms with Crippen molar-refractivity contribution in [3.05, 3.63) is 70.8 Å². The van der Waals surface area contributed by atoms with E-state index in [4.69, 9.17) is 11.6 Å². The number of thioether (sulfide) groups is 1. The van der Waals surface area contributed by atoms with E-state index < -0.39 is 0 Å². The molecule has 0 fully saturated rings. The molecule has 4 nitrogen and oxygen atoms in total. The molecular weight excluding hydrogens is 361 g/mol. The highest BCUT2D eigenvalue weighted by Crippen LogP contribution is 2.23. The first-order valence-electron chi connectivity index (χ1n) is 7.65. The number of carbonyl (C=O) groups is 1. The highest BCUT2D eigenvalue weighted by Gasteiger charge is 2.08. The molecule has 3 rings (SSSR count). The van der Waals surface area contributed by atoms with Crippen LogP contribution in [0.3, 0.4) is 0 Å². The first-order valence-corrected chi connectivity index (χ1v) is 9.18. The van der Waals surface area contributed by atoms with Crippen LogP contribution in [0.15, 0.2) is 48.8 Å². The lowest BCUT2D eigenvalue weighted by atomic mass is 10.2. The molecule has 1 N–H and O–H groups in total. The maximum Gasteiger partial charge on any atom is 0.251 e. The average Bonchev–Trinajstić information content (AvgIpc) is 2.63. The van der Waals surface area contributed by atoms with Gasteiger partial charge in [0.25, 0.3) is 5.91 Å². The molecule has 128 valence electrons. The zero-order valence-corrected chi connectivity index (χ0v) is 14.8. The Hall–Kier alpha value is -2.18. The van der Waals surface area contributed by atoms with Gasteiger partial charge in [0.1, 0.15) is 5.82 Å². The summed E-state index contributed by atoms with van der Waals surface area (Å²) in [4.78, 5) is 20.5. The van der Waals surface area contributed by atoms with E-state index in [1.54, 1.807) is 42.7 Å². The van der Waals surface area contributed by atoms with Gasteiger partial charge in [-0.2, -0.15) is 11.8 Å². The van der Waals surface area contributed by atoms with E-state index in [0.717, 1.165) is 5.52 Å². The van der Waals surface area contributed by atoms with Gasteiger partial charge in [-0.1, -0.05) is 17.7 Å². The SMILES string of the molecule is O=C(NCCSCc1c(F)cccc1Cl)c1ccc2nccnc2c1. The Balaban J connectivity index is 1.49. The third kappa shape index (κ3) is 4.46. The summed E-state index contributed by atoms with van der Waals surface area (Å²) in [5.41, 5.74) is 2.46. The number of fused-ring (bicyclic) bond motifs is 1. The van der Waals surface area contributed by atoms with Crippen molar-refractivity contribution in [1.29, 1.82) is 0 Å². The fraction of sp³-hybridized carbons (Fsp3) is 0.167. The van der Waals surface area contributed by atoms with Crippen LogP contribution in [0.5, 0.6) is 0 Å². The standard InChI is InChI=1S/C18H15ClFN3OS/c19-14-2-1-3-15(20)13(14)11-25-9-8-23-18(24)12-4-5-16-17(10-12)22-7-6-21-16/h1-7,10H,8-9,11H2,(H,23,24). The number of amides is 1. The van der Waals surface area contributed by atoms with Crippen LogP contribution in [0.25, 0.3) is 11.0 Å². The highest BCUT2D eigenvalue weighted by molar-refractivity contribution is 7.98. The van der Waals surface area contributed by atoms with Gasteiger partial charge in [-0.3, -0.25) is 14.8 Å². The topological polar surface area (TPSA) is 54.9 Å². The Morgan fingerprint density at radius 2 is 1.96 bits per heavy atom. The van der Waals surface area contributed by atoms with Crippen molar-refractivity contribution in [3.8, 4) is 0 Å². The predicted octanol–water partition coefficient (Wildman–Crippen LogP) is 4.09. The van der Waals surface area contributed by atoms with Crippen molar-refractivity contribution in [2.45, 2.75) is 5.75 Å². The minimum Gasteiger partial charge on any atom is -0.351 e. The van der Waals surface area contributed by atoms with Crippen molar-refractivity contribution < 1.29 is 9.18 Å². The second kappa shape index (κ2) is 8.27. The van der Waals surface area contributed by atoms with Crippen LogP contribution in [-0.2, 0) is 5.75 Å². The van der Waals surface area contributed by atoms with Crippen molar-refractivity contribution in [2.24, 2.45) is 0 Å². The number of halogens is 2. The van der Waals surface area contributed by atoms with Gasteiger partial charge in [-0.15, -0.1) is 0 Å². The summed E-state index contributed by atoms with van der Waals surface area (Å²) in [6.07, 6.45) is 3.20. The molecule has 0 aliphatic heterocycles. The van der Waals surface area contributed by atoms with Crippen LogP contribution >= 0.6 is 23.4 Å². The molecule has 0 saturated carbocycles. The number of rotatable bonds is 6. The highest BCUT2D eigenvalue weighted by atomic mass is 35.5. The van der Waals surface area contributed by atoms with E-state index in [9.17, 15) is 9.18 Å². The second-order valence-electron chi connectivity index (χ2n) is 5.27. The molecule has 0 bridgehead atoms. The Morgan fingerprint density at radius 3 is 2.76 bits per heavy atom. The minimum atomic E-state index is -0.304. The van der Waals surface area contributed by atoms with Gasteiger partial charge in [-0.05, 0) is 30.3 Å². The van der Waals surface area contributed by atoms with Gasteiger partial charge in [0.15, 0.2) is 0 Å². The molecule has 0 saturated heterocycles. The molecule has 7 heteroatoms. The summed E-state index contributed by atoms with van der Waals surface area (Å²) in [5, 5.41) is 3.27. The second-order valence-corrected chi connectivity index (χ2v) is 6.78. The number of carbonyl (C=O) groups excluding carboxylic acids is 1. The van der Waals surface area contributed by atoms with E-state index >= 15 is 0 Å². The van der Waals surface area contributed by atoms with E-state index in [-0.39, 0.29) is 11.7 Å². The summed E-state index contributed by atoms with van der Waals surface area (Å²) >= 11 is 7.50. The molecule has 0 unspecified atom stereocenters. The van der Waals surface area contributed by atoms with Crippen molar-refractivity contribution in [1.82, 2.24) is 15.3 Å². The van der Waals surface area contributed by atoms with Crippen molar-refractivity contribution in [2.75, 3.05) is 12.3 Å². The molecule has 25 heavy (non-hydrogen) atoms. The Labute approximate surface area is 153 Å². The summed E-state index contributed by atoms with van der Waals surface area (Å²) in [6.45, 7) is 0.480. The van der Waals surface area contributed by atoms with Gasteiger partial charge in [0.05, 0.1) is 11.0 Å². The molecular formula is C18H15ClFN3OS. The van der Waals surface area contributed by atoms with Gasteiger partial charge in [-0.25, -0.2) is 4.39 Å². The minimum absolute atomic E-state index is 0.169. The number of benzene rings is 2. The fourth-order valence-corrected chi connectivity index (χ4v) is 3.49. The molecule has 1 aromatic heterocycles. The third-order valence-electron chi connectivity index (χ3n) is 3.57. The molecule has 2 aromatic carbocycles. The zero-order chi connectivity index (χ0) is 17.6. The average molecular weight is 376 g/mol. The van der Waals surface area contributed by atoms with Crippen LogP contribution < -0.4 is 5.32 Å². The molecule has 0 atom stereocenters. The first-order chi connectivity index (χ1) is 12.1. The van der Waals surface area contributed by atoms with Gasteiger partial charge < -0.3 is 5.32 Å². The predicted molar refractivity (Wildman–Crippen MR) is 99.4 cm³/mol. The number of aromatic nitrogens is 2. The first kappa shape index (κ1) is 17.6. The van der Waals surface area contributed by atoms with E-state index in [2.05, 4.69) is 15.3 Å². The lowest BCUT2D eigenvalue weighted by Crippen LogP contribution is -2.25. The van der Waals surface area contributed by atoms with E-state index in [1.165, 1.54) is 17.8 Å². The number of nitrogens with one attached hydrogen (secondary N) is 1. The molecule has 3 aromatic rings. The van der Waals surface area contributed by atoms with E-state index in [0.29, 0.717) is 39.7 Å². The molecule has 1 heterocycles. The fourth-order valence-electron chi connectivity index (χ4n) is 2.29. The Kier molecular flexibility index (Phi) is 5.83. The summed E-state index contributed by atoms with van der Waals surface area (Å²) < 4.78 is 13.7. The Morgan fingerprint density at radius 1 is 1.16 bits per heavy atom. The smallest absolute Gasteiger partial charge is 0.251 e. The van der Waals surface area contributed by atoms with E-state index in [1.807, 2.05) is 0 Å². The summed E-state index contributed by atoms with van der Waals surface area (Å²) in [6, 6.07) is 9.85. The molecule has 1 amide bonds.